The molecule has 90 valence electrons. The Morgan fingerprint density at radius 1 is 1.47 bits per heavy atom. The van der Waals surface area contributed by atoms with E-state index < -0.39 is 5.97 Å². The molecule has 1 N–H and O–H groups in total. The minimum atomic E-state index is -0.935. The van der Waals surface area contributed by atoms with Gasteiger partial charge < -0.3 is 9.67 Å². The van der Waals surface area contributed by atoms with E-state index in [1.54, 1.807) is 18.5 Å². The lowest BCUT2D eigenvalue weighted by molar-refractivity contribution is 0.0699. The van der Waals surface area contributed by atoms with Crippen LogP contribution < -0.4 is 0 Å². The van der Waals surface area contributed by atoms with Crippen molar-refractivity contribution in [1.82, 2.24) is 9.55 Å². The smallest absolute Gasteiger partial charge is 0.337 e. The van der Waals surface area contributed by atoms with Crippen molar-refractivity contribution in [3.8, 4) is 0 Å². The van der Waals surface area contributed by atoms with Gasteiger partial charge in [-0.25, -0.2) is 9.78 Å². The molecule has 0 saturated heterocycles. The molecule has 17 heavy (non-hydrogen) atoms. The van der Waals surface area contributed by atoms with Gasteiger partial charge >= 0.3 is 5.97 Å². The van der Waals surface area contributed by atoms with Gasteiger partial charge in [-0.05, 0) is 32.4 Å². The zero-order chi connectivity index (χ0) is 12.6. The molecule has 1 aromatic heterocycles. The zero-order valence-corrected chi connectivity index (χ0v) is 10.3. The highest BCUT2D eigenvalue weighted by Crippen LogP contribution is 2.26. The highest BCUT2D eigenvalue weighted by Gasteiger charge is 2.21. The first-order chi connectivity index (χ1) is 7.97. The molecule has 0 aliphatic rings. The Bertz CT molecular complexity index is 570. The molecule has 2 aromatic rings. The molecule has 0 spiro atoms. The van der Waals surface area contributed by atoms with E-state index in [4.69, 9.17) is 5.11 Å². The lowest BCUT2D eigenvalue weighted by Crippen LogP contribution is -2.24. The predicted octanol–water partition coefficient (Wildman–Crippen LogP) is 2.88. The molecule has 0 amide bonds. The number of carbonyl (C=O) groups is 1. The van der Waals surface area contributed by atoms with Crippen molar-refractivity contribution >= 4 is 17.0 Å². The van der Waals surface area contributed by atoms with Crippen molar-refractivity contribution < 1.29 is 9.90 Å². The molecule has 0 radical (unpaired) electrons. The lowest BCUT2D eigenvalue weighted by atomic mass is 10.0. The third kappa shape index (κ3) is 1.79. The summed E-state index contributed by atoms with van der Waals surface area (Å²) in [7, 11) is 0. The zero-order valence-electron chi connectivity index (χ0n) is 10.3. The monoisotopic (exact) mass is 232 g/mol. The SMILES string of the molecule is CCC(C)(C)n1cnc2c(C(=O)O)cccc21. The van der Waals surface area contributed by atoms with E-state index in [-0.39, 0.29) is 11.1 Å². The summed E-state index contributed by atoms with van der Waals surface area (Å²) in [5, 5.41) is 9.10. The average molecular weight is 232 g/mol. The second-order valence-corrected chi connectivity index (χ2v) is 4.76. The standard InChI is InChI=1S/C13H16N2O2/c1-4-13(2,3)15-8-14-11-9(12(16)17)6-5-7-10(11)15/h5-8H,4H2,1-3H3,(H,16,17). The van der Waals surface area contributed by atoms with Crippen molar-refractivity contribution in [1.29, 1.82) is 0 Å². The molecular formula is C13H16N2O2. The molecule has 0 bridgehead atoms. The number of aromatic carboxylic acids is 1. The van der Waals surface area contributed by atoms with E-state index in [2.05, 4.69) is 25.8 Å². The van der Waals surface area contributed by atoms with E-state index >= 15 is 0 Å². The van der Waals surface area contributed by atoms with E-state index in [9.17, 15) is 4.79 Å². The molecule has 0 unspecified atom stereocenters. The fraction of sp³-hybridized carbons (Fsp3) is 0.385. The van der Waals surface area contributed by atoms with Crippen LogP contribution in [0.5, 0.6) is 0 Å². The summed E-state index contributed by atoms with van der Waals surface area (Å²) in [4.78, 5) is 15.3. The third-order valence-electron chi connectivity index (χ3n) is 3.32. The highest BCUT2D eigenvalue weighted by atomic mass is 16.4. The van der Waals surface area contributed by atoms with Gasteiger partial charge in [0.1, 0.15) is 5.52 Å². The van der Waals surface area contributed by atoms with Gasteiger partial charge in [0.05, 0.1) is 17.4 Å². The molecule has 1 aromatic carbocycles. The van der Waals surface area contributed by atoms with Crippen LogP contribution in [0, 0.1) is 0 Å². The van der Waals surface area contributed by atoms with Crippen LogP contribution >= 0.6 is 0 Å². The minimum absolute atomic E-state index is 0.0636. The quantitative estimate of drug-likeness (QED) is 0.885. The number of imidazole rings is 1. The number of hydrogen-bond donors (Lipinski definition) is 1. The molecule has 2 rings (SSSR count). The summed E-state index contributed by atoms with van der Waals surface area (Å²) in [5.74, 6) is -0.935. The third-order valence-corrected chi connectivity index (χ3v) is 3.32. The fourth-order valence-corrected chi connectivity index (χ4v) is 1.86. The van der Waals surface area contributed by atoms with Crippen LogP contribution in [0.25, 0.3) is 11.0 Å². The summed E-state index contributed by atoms with van der Waals surface area (Å²) < 4.78 is 2.04. The number of carboxylic acid groups (broad SMARTS) is 1. The molecule has 0 atom stereocenters. The van der Waals surface area contributed by atoms with Gasteiger partial charge in [0.2, 0.25) is 0 Å². The van der Waals surface area contributed by atoms with E-state index in [0.29, 0.717) is 5.52 Å². The number of hydrogen-bond acceptors (Lipinski definition) is 2. The average Bonchev–Trinajstić information content (AvgIpc) is 2.72. The number of carboxylic acids is 1. The Morgan fingerprint density at radius 2 is 2.18 bits per heavy atom. The van der Waals surface area contributed by atoms with Gasteiger partial charge in [-0.2, -0.15) is 0 Å². The van der Waals surface area contributed by atoms with Crippen LogP contribution in [0.3, 0.4) is 0 Å². The molecule has 4 heteroatoms. The first-order valence-corrected chi connectivity index (χ1v) is 5.67. The van der Waals surface area contributed by atoms with Crippen molar-refractivity contribution in [2.45, 2.75) is 32.7 Å². The Balaban J connectivity index is 2.71. The largest absolute Gasteiger partial charge is 0.478 e. The topological polar surface area (TPSA) is 55.1 Å². The van der Waals surface area contributed by atoms with Gasteiger partial charge in [-0.1, -0.05) is 13.0 Å². The second-order valence-electron chi connectivity index (χ2n) is 4.76. The van der Waals surface area contributed by atoms with Gasteiger partial charge in [-0.15, -0.1) is 0 Å². The van der Waals surface area contributed by atoms with Crippen molar-refractivity contribution in [3.05, 3.63) is 30.1 Å². The summed E-state index contributed by atoms with van der Waals surface area (Å²) in [6.07, 6.45) is 2.68. The van der Waals surface area contributed by atoms with Gasteiger partial charge in [0.15, 0.2) is 0 Å². The molecule has 0 aliphatic carbocycles. The molecule has 0 fully saturated rings. The van der Waals surface area contributed by atoms with Crippen LogP contribution in [-0.2, 0) is 5.54 Å². The number of benzene rings is 1. The van der Waals surface area contributed by atoms with Crippen LogP contribution in [0.1, 0.15) is 37.6 Å². The van der Waals surface area contributed by atoms with E-state index in [1.165, 1.54) is 0 Å². The predicted molar refractivity (Wildman–Crippen MR) is 66.3 cm³/mol. The number of aromatic nitrogens is 2. The maximum atomic E-state index is 11.1. The first-order valence-electron chi connectivity index (χ1n) is 5.67. The number of rotatable bonds is 3. The van der Waals surface area contributed by atoms with Crippen LogP contribution in [0.15, 0.2) is 24.5 Å². The first kappa shape index (κ1) is 11.6. The van der Waals surface area contributed by atoms with Crippen LogP contribution in [0.4, 0.5) is 0 Å². The molecule has 0 aliphatic heterocycles. The maximum Gasteiger partial charge on any atom is 0.337 e. The van der Waals surface area contributed by atoms with Gasteiger partial charge in [0.25, 0.3) is 0 Å². The van der Waals surface area contributed by atoms with Crippen molar-refractivity contribution in [2.24, 2.45) is 0 Å². The van der Waals surface area contributed by atoms with E-state index in [1.807, 2.05) is 10.6 Å². The van der Waals surface area contributed by atoms with Crippen LogP contribution in [0.2, 0.25) is 0 Å². The van der Waals surface area contributed by atoms with Crippen LogP contribution in [-0.4, -0.2) is 20.6 Å². The number of nitrogens with zero attached hydrogens (tertiary/aromatic N) is 2. The molecular weight excluding hydrogens is 216 g/mol. The van der Waals surface area contributed by atoms with Gasteiger partial charge in [-0.3, -0.25) is 0 Å². The fourth-order valence-electron chi connectivity index (χ4n) is 1.86. The summed E-state index contributed by atoms with van der Waals surface area (Å²) >= 11 is 0. The Kier molecular flexibility index (Phi) is 2.65. The summed E-state index contributed by atoms with van der Waals surface area (Å²) in [5.41, 5.74) is 1.62. The summed E-state index contributed by atoms with van der Waals surface area (Å²) in [6, 6.07) is 5.25. The summed E-state index contributed by atoms with van der Waals surface area (Å²) in [6.45, 7) is 6.33. The Labute approximate surface area is 99.9 Å². The van der Waals surface area contributed by atoms with E-state index in [0.717, 1.165) is 11.9 Å². The Hall–Kier alpha value is -1.84. The molecule has 0 saturated carbocycles. The van der Waals surface area contributed by atoms with Crippen molar-refractivity contribution in [2.75, 3.05) is 0 Å². The van der Waals surface area contributed by atoms with Crippen molar-refractivity contribution in [3.63, 3.8) is 0 Å². The normalized spacial score (nSPS) is 11.9. The highest BCUT2D eigenvalue weighted by molar-refractivity contribution is 6.00. The molecule has 4 nitrogen and oxygen atoms in total. The van der Waals surface area contributed by atoms with Gasteiger partial charge in [0, 0.05) is 5.54 Å². The molecule has 1 heterocycles. The number of fused-ring (bicyclic) bond motifs is 1. The number of para-hydroxylation sites is 1. The lowest BCUT2D eigenvalue weighted by Gasteiger charge is -2.25. The minimum Gasteiger partial charge on any atom is -0.478 e. The second kappa shape index (κ2) is 3.87. The Morgan fingerprint density at radius 3 is 2.76 bits per heavy atom. The maximum absolute atomic E-state index is 11.1.